The summed E-state index contributed by atoms with van der Waals surface area (Å²) in [5.74, 6) is -0.464. The first-order valence-electron chi connectivity index (χ1n) is 6.47. The minimum atomic E-state index is -0.662. The zero-order chi connectivity index (χ0) is 15.4. The van der Waals surface area contributed by atoms with Gasteiger partial charge in [-0.05, 0) is 24.3 Å². The van der Waals surface area contributed by atoms with E-state index in [4.69, 9.17) is 10.00 Å². The summed E-state index contributed by atoms with van der Waals surface area (Å²) in [7, 11) is 0. The summed E-state index contributed by atoms with van der Waals surface area (Å²) in [6.07, 6.45) is 1.32. The van der Waals surface area contributed by atoms with Crippen LogP contribution >= 0.6 is 0 Å². The minimum absolute atomic E-state index is 0.0663. The fourth-order valence-electron chi connectivity index (χ4n) is 1.84. The molecule has 106 valence electrons. The van der Waals surface area contributed by atoms with E-state index in [9.17, 15) is 4.79 Å². The Kier molecular flexibility index (Phi) is 3.62. The van der Waals surface area contributed by atoms with E-state index >= 15 is 0 Å². The van der Waals surface area contributed by atoms with E-state index in [-0.39, 0.29) is 17.0 Å². The largest absolute Gasteiger partial charge is 0.420 e. The Bertz CT molecular complexity index is 850. The molecular formula is C16H10N4O2. The molecule has 0 fully saturated rings. The van der Waals surface area contributed by atoms with Crippen LogP contribution in [0.2, 0.25) is 0 Å². The van der Waals surface area contributed by atoms with Crippen molar-refractivity contribution in [1.29, 1.82) is 5.26 Å². The van der Waals surface area contributed by atoms with Crippen molar-refractivity contribution in [3.05, 3.63) is 72.1 Å². The molecule has 6 heteroatoms. The summed E-state index contributed by atoms with van der Waals surface area (Å²) in [5.41, 5.74) is 1.09. The molecule has 0 saturated carbocycles. The second-order valence-corrected chi connectivity index (χ2v) is 4.35. The van der Waals surface area contributed by atoms with Crippen molar-refractivity contribution in [3.8, 4) is 17.5 Å². The number of aromatic nitrogens is 3. The second-order valence-electron chi connectivity index (χ2n) is 4.35. The average Bonchev–Trinajstić information content (AvgIpc) is 3.06. The smallest absolute Gasteiger partial charge is 0.366 e. The molecule has 6 nitrogen and oxygen atoms in total. The van der Waals surface area contributed by atoms with Crippen LogP contribution in [-0.4, -0.2) is 21.0 Å². The number of rotatable bonds is 3. The van der Waals surface area contributed by atoms with Crippen LogP contribution in [0.15, 0.2) is 60.8 Å². The number of para-hydroxylation sites is 2. The second kappa shape index (κ2) is 5.89. The Balaban J connectivity index is 1.82. The van der Waals surface area contributed by atoms with E-state index in [0.717, 1.165) is 5.69 Å². The Morgan fingerprint density at radius 3 is 2.59 bits per heavy atom. The molecule has 3 aromatic rings. The number of hydrogen-bond acceptors (Lipinski definition) is 5. The van der Waals surface area contributed by atoms with Crippen molar-refractivity contribution in [2.24, 2.45) is 0 Å². The highest BCUT2D eigenvalue weighted by molar-refractivity contribution is 5.88. The third-order valence-corrected chi connectivity index (χ3v) is 2.90. The highest BCUT2D eigenvalue weighted by atomic mass is 16.5. The van der Waals surface area contributed by atoms with Crippen LogP contribution in [0, 0.1) is 11.3 Å². The molecule has 0 saturated heterocycles. The van der Waals surface area contributed by atoms with Crippen molar-refractivity contribution in [1.82, 2.24) is 15.0 Å². The predicted molar refractivity (Wildman–Crippen MR) is 77.5 cm³/mol. The van der Waals surface area contributed by atoms with Crippen molar-refractivity contribution in [2.45, 2.75) is 0 Å². The molecule has 0 unspecified atom stereocenters. The molecule has 0 aliphatic carbocycles. The van der Waals surface area contributed by atoms with Gasteiger partial charge in [-0.15, -0.1) is 5.10 Å². The molecule has 0 atom stereocenters. The van der Waals surface area contributed by atoms with Crippen LogP contribution in [0.5, 0.6) is 5.75 Å². The Labute approximate surface area is 126 Å². The van der Waals surface area contributed by atoms with Gasteiger partial charge in [-0.25, -0.2) is 4.79 Å². The van der Waals surface area contributed by atoms with Gasteiger partial charge in [0.15, 0.2) is 5.69 Å². The van der Waals surface area contributed by atoms with Crippen LogP contribution in [0.1, 0.15) is 16.1 Å². The predicted octanol–water partition coefficient (Wildman–Crippen LogP) is 2.36. The molecule has 0 bridgehead atoms. The molecular weight excluding hydrogens is 280 g/mol. The van der Waals surface area contributed by atoms with Crippen LogP contribution in [0.25, 0.3) is 5.69 Å². The monoisotopic (exact) mass is 290 g/mol. The number of hydrogen-bond donors (Lipinski definition) is 0. The van der Waals surface area contributed by atoms with Gasteiger partial charge in [-0.3, -0.25) is 0 Å². The third kappa shape index (κ3) is 2.69. The molecule has 0 radical (unpaired) electrons. The number of esters is 1. The Hall–Kier alpha value is -3.46. The topological polar surface area (TPSA) is 80.8 Å². The van der Waals surface area contributed by atoms with Gasteiger partial charge in [-0.2, -0.15) is 15.2 Å². The lowest BCUT2D eigenvalue weighted by molar-refractivity contribution is 0.0727. The molecule has 0 aliphatic heterocycles. The first-order valence-corrected chi connectivity index (χ1v) is 6.47. The van der Waals surface area contributed by atoms with Crippen molar-refractivity contribution in [2.75, 3.05) is 0 Å². The normalized spacial score (nSPS) is 9.95. The van der Waals surface area contributed by atoms with Crippen molar-refractivity contribution >= 4 is 5.97 Å². The molecule has 0 N–H and O–H groups in total. The van der Waals surface area contributed by atoms with Crippen molar-refractivity contribution in [3.63, 3.8) is 0 Å². The lowest BCUT2D eigenvalue weighted by Gasteiger charge is -2.03. The number of carbonyl (C=O) groups is 1. The maximum atomic E-state index is 12.1. The molecule has 1 heterocycles. The maximum absolute atomic E-state index is 12.1. The first-order chi connectivity index (χ1) is 10.8. The summed E-state index contributed by atoms with van der Waals surface area (Å²) in [6.45, 7) is 0. The minimum Gasteiger partial charge on any atom is -0.420 e. The molecule has 22 heavy (non-hydrogen) atoms. The third-order valence-electron chi connectivity index (χ3n) is 2.90. The van der Waals surface area contributed by atoms with Crippen LogP contribution in [0.4, 0.5) is 0 Å². The first kappa shape index (κ1) is 13.5. The van der Waals surface area contributed by atoms with Gasteiger partial charge in [0.05, 0.1) is 17.4 Å². The number of benzene rings is 2. The van der Waals surface area contributed by atoms with Gasteiger partial charge in [-0.1, -0.05) is 30.3 Å². The summed E-state index contributed by atoms with van der Waals surface area (Å²) in [4.78, 5) is 13.4. The highest BCUT2D eigenvalue weighted by Gasteiger charge is 2.15. The van der Waals surface area contributed by atoms with E-state index < -0.39 is 5.97 Å². The Morgan fingerprint density at radius 1 is 1.09 bits per heavy atom. The number of nitrogens with zero attached hydrogens (tertiary/aromatic N) is 4. The lowest BCUT2D eigenvalue weighted by Crippen LogP contribution is -2.11. The highest BCUT2D eigenvalue weighted by Crippen LogP contribution is 2.17. The standard InChI is InChI=1S/C16H10N4O2/c17-10-12-6-4-5-9-15(12)22-16(21)14-11-18-20(19-14)13-7-2-1-3-8-13/h1-9,11H. The van der Waals surface area contributed by atoms with E-state index in [1.165, 1.54) is 11.0 Å². The molecule has 0 amide bonds. The molecule has 0 spiro atoms. The van der Waals surface area contributed by atoms with Crippen molar-refractivity contribution < 1.29 is 9.53 Å². The van der Waals surface area contributed by atoms with Gasteiger partial charge in [0, 0.05) is 0 Å². The molecule has 0 aliphatic rings. The van der Waals surface area contributed by atoms with Gasteiger partial charge in [0.2, 0.25) is 0 Å². The van der Waals surface area contributed by atoms with E-state index in [1.807, 2.05) is 36.4 Å². The summed E-state index contributed by atoms with van der Waals surface area (Å²) in [6, 6.07) is 17.7. The fraction of sp³-hybridized carbons (Fsp3) is 0. The quantitative estimate of drug-likeness (QED) is 0.546. The van der Waals surface area contributed by atoms with Gasteiger partial charge in [0.25, 0.3) is 0 Å². The van der Waals surface area contributed by atoms with Crippen LogP contribution < -0.4 is 4.74 Å². The zero-order valence-electron chi connectivity index (χ0n) is 11.4. The summed E-state index contributed by atoms with van der Waals surface area (Å²) >= 11 is 0. The van der Waals surface area contributed by atoms with E-state index in [2.05, 4.69) is 10.2 Å². The maximum Gasteiger partial charge on any atom is 0.366 e. The molecule has 1 aromatic heterocycles. The van der Waals surface area contributed by atoms with Crippen LogP contribution in [0.3, 0.4) is 0 Å². The summed E-state index contributed by atoms with van der Waals surface area (Å²) < 4.78 is 5.19. The average molecular weight is 290 g/mol. The van der Waals surface area contributed by atoms with E-state index in [0.29, 0.717) is 0 Å². The lowest BCUT2D eigenvalue weighted by atomic mass is 10.2. The SMILES string of the molecule is N#Cc1ccccc1OC(=O)c1cnn(-c2ccccc2)n1. The number of carbonyl (C=O) groups excluding carboxylic acids is 1. The zero-order valence-corrected chi connectivity index (χ0v) is 11.4. The number of ether oxygens (including phenoxy) is 1. The van der Waals surface area contributed by atoms with Gasteiger partial charge in [0.1, 0.15) is 11.8 Å². The molecule has 3 rings (SSSR count). The molecule has 2 aromatic carbocycles. The van der Waals surface area contributed by atoms with Gasteiger partial charge < -0.3 is 4.74 Å². The Morgan fingerprint density at radius 2 is 1.82 bits per heavy atom. The van der Waals surface area contributed by atoms with E-state index in [1.54, 1.807) is 24.3 Å². The number of nitriles is 1. The summed E-state index contributed by atoms with van der Waals surface area (Å²) in [5, 5.41) is 17.1. The van der Waals surface area contributed by atoms with Crippen LogP contribution in [-0.2, 0) is 0 Å². The van der Waals surface area contributed by atoms with Gasteiger partial charge >= 0.3 is 5.97 Å². The fourth-order valence-corrected chi connectivity index (χ4v) is 1.84.